The summed E-state index contributed by atoms with van der Waals surface area (Å²) in [5.41, 5.74) is 1.04. The number of aliphatic imine (C=N–C) groups is 1. The summed E-state index contributed by atoms with van der Waals surface area (Å²) >= 11 is 1.24. The minimum Gasteiger partial charge on any atom is -0.505 e. The quantitative estimate of drug-likeness (QED) is 0.731. The van der Waals surface area contributed by atoms with Crippen molar-refractivity contribution < 1.29 is 28.9 Å². The van der Waals surface area contributed by atoms with Gasteiger partial charge in [0.25, 0.3) is 0 Å². The van der Waals surface area contributed by atoms with Gasteiger partial charge >= 0.3 is 5.97 Å². The van der Waals surface area contributed by atoms with Crippen molar-refractivity contribution in [2.24, 2.45) is 4.99 Å². The van der Waals surface area contributed by atoms with Crippen molar-refractivity contribution in [1.29, 1.82) is 0 Å². The normalized spacial score (nSPS) is 16.8. The molecule has 0 amide bonds. The van der Waals surface area contributed by atoms with Gasteiger partial charge in [0.05, 0.1) is 24.3 Å². The Morgan fingerprint density at radius 2 is 2.15 bits per heavy atom. The van der Waals surface area contributed by atoms with Gasteiger partial charge in [0, 0.05) is 34.7 Å². The maximum absolute atomic E-state index is 14.7. The van der Waals surface area contributed by atoms with E-state index in [0.717, 1.165) is 0 Å². The Kier molecular flexibility index (Phi) is 4.78. The molecule has 0 spiro atoms. The van der Waals surface area contributed by atoms with Crippen LogP contribution in [-0.4, -0.2) is 34.3 Å². The van der Waals surface area contributed by atoms with E-state index in [2.05, 4.69) is 4.99 Å². The zero-order valence-electron chi connectivity index (χ0n) is 14.1. The molecule has 6 nitrogen and oxygen atoms in total. The van der Waals surface area contributed by atoms with Crippen LogP contribution in [0, 0.1) is 0 Å². The maximum Gasteiger partial charge on any atom is 0.307 e. The standard InChI is InChI=1S/C18H16FNO5S/c1-3-25-14-4-9(7-26-14)17(23)11-5-12-15(16(19)18(11)24)10(6-13(21)22)8(2)20-12/h4,7,24H,3,5-6H2,1-2H3,(H,21,22). The van der Waals surface area contributed by atoms with E-state index in [-0.39, 0.29) is 28.9 Å². The highest BCUT2D eigenvalue weighted by Gasteiger charge is 2.36. The molecule has 0 aromatic carbocycles. The molecule has 2 heterocycles. The number of ether oxygens (including phenoxy) is 1. The molecule has 2 aliphatic rings. The van der Waals surface area contributed by atoms with Crippen molar-refractivity contribution >= 4 is 28.8 Å². The molecule has 136 valence electrons. The molecule has 0 saturated heterocycles. The Labute approximate surface area is 152 Å². The fraction of sp³-hybridized carbons (Fsp3) is 0.278. The second-order valence-corrected chi connectivity index (χ2v) is 6.68. The second kappa shape index (κ2) is 6.87. The largest absolute Gasteiger partial charge is 0.505 e. The summed E-state index contributed by atoms with van der Waals surface area (Å²) < 4.78 is 20.1. The van der Waals surface area contributed by atoms with Gasteiger partial charge in [-0.1, -0.05) is 0 Å². The zero-order valence-corrected chi connectivity index (χ0v) is 14.9. The van der Waals surface area contributed by atoms with Crippen molar-refractivity contribution in [1.82, 2.24) is 0 Å². The third-order valence-corrected chi connectivity index (χ3v) is 4.95. The number of thiophene rings is 1. The molecule has 26 heavy (non-hydrogen) atoms. The first kappa shape index (κ1) is 18.1. The molecule has 0 bridgehead atoms. The summed E-state index contributed by atoms with van der Waals surface area (Å²) in [7, 11) is 0. The fourth-order valence-corrected chi connectivity index (χ4v) is 3.75. The maximum atomic E-state index is 14.7. The van der Waals surface area contributed by atoms with E-state index < -0.39 is 29.8 Å². The van der Waals surface area contributed by atoms with Gasteiger partial charge in [-0.05, 0) is 19.4 Å². The molecule has 2 N–H and O–H groups in total. The monoisotopic (exact) mass is 377 g/mol. The van der Waals surface area contributed by atoms with E-state index in [1.165, 1.54) is 11.3 Å². The molecule has 1 aromatic rings. The van der Waals surface area contributed by atoms with Crippen LogP contribution in [-0.2, 0) is 4.79 Å². The lowest BCUT2D eigenvalue weighted by molar-refractivity contribution is -0.136. The van der Waals surface area contributed by atoms with Crippen LogP contribution >= 0.6 is 11.3 Å². The SMILES string of the molecule is CCOc1cc(C(=O)C2=C(O)C(F)=C3C(=NC(C)=C3CC(=O)O)C2)cs1. The molecule has 0 atom stereocenters. The molecule has 0 radical (unpaired) electrons. The number of rotatable bonds is 6. The Morgan fingerprint density at radius 1 is 1.42 bits per heavy atom. The minimum atomic E-state index is -1.12. The molecule has 3 rings (SSSR count). The number of carboxylic acids is 1. The molecule has 1 aromatic heterocycles. The first-order valence-corrected chi connectivity index (χ1v) is 8.79. The summed E-state index contributed by atoms with van der Waals surface area (Å²) in [6, 6.07) is 1.55. The molecule has 0 fully saturated rings. The van der Waals surface area contributed by atoms with E-state index in [1.807, 2.05) is 6.92 Å². The number of hydrogen-bond acceptors (Lipinski definition) is 6. The summed E-state index contributed by atoms with van der Waals surface area (Å²) in [6.45, 7) is 3.85. The second-order valence-electron chi connectivity index (χ2n) is 5.80. The lowest BCUT2D eigenvalue weighted by atomic mass is 9.87. The van der Waals surface area contributed by atoms with Crippen molar-refractivity contribution in [3.63, 3.8) is 0 Å². The van der Waals surface area contributed by atoms with Gasteiger partial charge in [-0.15, -0.1) is 11.3 Å². The average Bonchev–Trinajstić information content (AvgIpc) is 3.16. The summed E-state index contributed by atoms with van der Waals surface area (Å²) in [5, 5.41) is 21.4. The van der Waals surface area contributed by atoms with E-state index in [4.69, 9.17) is 9.84 Å². The molecule has 8 heteroatoms. The van der Waals surface area contributed by atoms with Gasteiger partial charge in [0.1, 0.15) is 0 Å². The highest BCUT2D eigenvalue weighted by Crippen LogP contribution is 2.40. The van der Waals surface area contributed by atoms with Crippen molar-refractivity contribution in [2.75, 3.05) is 6.61 Å². The van der Waals surface area contributed by atoms with E-state index in [1.54, 1.807) is 18.4 Å². The third kappa shape index (κ3) is 3.08. The van der Waals surface area contributed by atoms with Gasteiger partial charge in [-0.25, -0.2) is 4.39 Å². The zero-order chi connectivity index (χ0) is 19.0. The molecular weight excluding hydrogens is 361 g/mol. The van der Waals surface area contributed by atoms with E-state index in [9.17, 15) is 19.1 Å². The molecule has 1 aliphatic heterocycles. The van der Waals surface area contributed by atoms with Crippen LogP contribution in [0.2, 0.25) is 0 Å². The fourth-order valence-electron chi connectivity index (χ4n) is 2.95. The van der Waals surface area contributed by atoms with Crippen LogP contribution in [0.25, 0.3) is 0 Å². The van der Waals surface area contributed by atoms with Crippen LogP contribution in [0.3, 0.4) is 0 Å². The van der Waals surface area contributed by atoms with Gasteiger partial charge in [0.2, 0.25) is 0 Å². The third-order valence-electron chi connectivity index (χ3n) is 4.11. The first-order valence-electron chi connectivity index (χ1n) is 7.91. The van der Waals surface area contributed by atoms with Crippen molar-refractivity contribution in [3.8, 4) is 5.06 Å². The minimum absolute atomic E-state index is 0.0146. The number of fused-ring (bicyclic) bond motifs is 1. The number of carboxylic acid groups (broad SMARTS) is 1. The lowest BCUT2D eigenvalue weighted by Gasteiger charge is -2.18. The predicted molar refractivity (Wildman–Crippen MR) is 94.6 cm³/mol. The number of halogens is 1. The van der Waals surface area contributed by atoms with Crippen LogP contribution in [0.4, 0.5) is 4.39 Å². The number of carbonyl (C=O) groups is 2. The Balaban J connectivity index is 1.97. The van der Waals surface area contributed by atoms with Gasteiger partial charge in [-0.2, -0.15) is 0 Å². The summed E-state index contributed by atoms with van der Waals surface area (Å²) in [6.07, 6.45) is -0.464. The van der Waals surface area contributed by atoms with Crippen LogP contribution < -0.4 is 4.74 Å². The highest BCUT2D eigenvalue weighted by atomic mass is 32.1. The summed E-state index contributed by atoms with van der Waals surface area (Å²) in [4.78, 5) is 27.9. The van der Waals surface area contributed by atoms with Crippen LogP contribution in [0.15, 0.2) is 50.4 Å². The molecular formula is C18H16FNO5S. The van der Waals surface area contributed by atoms with Gasteiger partial charge < -0.3 is 14.9 Å². The van der Waals surface area contributed by atoms with E-state index >= 15 is 0 Å². The predicted octanol–water partition coefficient (Wildman–Crippen LogP) is 3.97. The van der Waals surface area contributed by atoms with E-state index in [0.29, 0.717) is 22.9 Å². The Bertz CT molecular complexity index is 935. The number of aliphatic hydroxyl groups is 1. The van der Waals surface area contributed by atoms with Crippen molar-refractivity contribution in [2.45, 2.75) is 26.7 Å². The number of aliphatic carboxylic acids is 1. The number of carbonyl (C=O) groups excluding carboxylic acids is 1. The number of hydrogen-bond donors (Lipinski definition) is 2. The smallest absolute Gasteiger partial charge is 0.307 e. The topological polar surface area (TPSA) is 96.2 Å². The molecule has 0 saturated carbocycles. The van der Waals surface area contributed by atoms with Crippen LogP contribution in [0.5, 0.6) is 5.06 Å². The van der Waals surface area contributed by atoms with Gasteiger partial charge in [0.15, 0.2) is 22.4 Å². The molecule has 1 aliphatic carbocycles. The average molecular weight is 377 g/mol. The first-order chi connectivity index (χ1) is 12.3. The van der Waals surface area contributed by atoms with Crippen molar-refractivity contribution in [3.05, 3.63) is 51.0 Å². The molecule has 0 unspecified atom stereocenters. The Morgan fingerprint density at radius 3 is 2.81 bits per heavy atom. The number of nitrogens with zero attached hydrogens (tertiary/aromatic N) is 1. The number of aliphatic hydroxyl groups excluding tert-OH is 1. The lowest BCUT2D eigenvalue weighted by Crippen LogP contribution is -2.19. The van der Waals surface area contributed by atoms with Crippen LogP contribution in [0.1, 0.15) is 37.0 Å². The Hall–Kier alpha value is -2.74. The number of Topliss-reactive ketones (excluding diaryl/α,β-unsaturated/α-hetero) is 1. The highest BCUT2D eigenvalue weighted by molar-refractivity contribution is 7.12. The number of allylic oxidation sites excluding steroid dienone is 4. The van der Waals surface area contributed by atoms with Gasteiger partial charge in [-0.3, -0.25) is 14.6 Å². The summed E-state index contributed by atoms with van der Waals surface area (Å²) in [5.74, 6) is -3.40. The number of ketones is 1.